The molecule has 2 amide bonds. The molecule has 0 aliphatic carbocycles. The number of allylic oxidation sites excluding steroid dienone is 1. The average Bonchev–Trinajstić information content (AvgIpc) is 2.95. The molecule has 1 heterocycles. The number of hydrogen-bond acceptors (Lipinski definition) is 11. The maximum Gasteiger partial charge on any atom is 0.341 e. The molecule has 2 aromatic carbocycles. The van der Waals surface area contributed by atoms with E-state index < -0.39 is 36.8 Å². The Kier molecular flexibility index (Phi) is 11.4. The summed E-state index contributed by atoms with van der Waals surface area (Å²) >= 11 is 3.37. The van der Waals surface area contributed by atoms with Crippen molar-refractivity contribution in [1.29, 1.82) is 0 Å². The number of aliphatic hydroxyl groups excluding tert-OH is 1. The number of halogens is 1. The Balaban J connectivity index is 1.68. The number of esters is 1. The number of aliphatic hydroxyl groups is 1. The van der Waals surface area contributed by atoms with Crippen LogP contribution in [-0.4, -0.2) is 74.7 Å². The zero-order valence-corrected chi connectivity index (χ0v) is 24.8. The minimum absolute atomic E-state index is 0.209. The molecule has 5 N–H and O–H groups in total. The highest BCUT2D eigenvalue weighted by atomic mass is 79.9. The first-order chi connectivity index (χ1) is 20.1. The lowest BCUT2D eigenvalue weighted by molar-refractivity contribution is -0.139. The number of nitrogens with zero attached hydrogens (tertiary/aromatic N) is 1. The number of amides is 2. The van der Waals surface area contributed by atoms with E-state index >= 15 is 0 Å². The van der Waals surface area contributed by atoms with Crippen LogP contribution < -0.4 is 35.0 Å². The molecule has 2 aromatic rings. The van der Waals surface area contributed by atoms with Crippen LogP contribution in [0.3, 0.4) is 0 Å². The van der Waals surface area contributed by atoms with Crippen LogP contribution in [0.2, 0.25) is 0 Å². The van der Waals surface area contributed by atoms with E-state index in [1.165, 1.54) is 20.4 Å². The van der Waals surface area contributed by atoms with Gasteiger partial charge in [0.15, 0.2) is 35.8 Å². The monoisotopic (exact) mass is 650 g/mol. The molecule has 2 atom stereocenters. The molecular formula is C27H31BrN4O10. The van der Waals surface area contributed by atoms with Gasteiger partial charge in [0.25, 0.3) is 0 Å². The molecule has 0 saturated heterocycles. The van der Waals surface area contributed by atoms with Gasteiger partial charge in [0.05, 0.1) is 38.7 Å². The van der Waals surface area contributed by atoms with E-state index in [4.69, 9.17) is 28.8 Å². The summed E-state index contributed by atoms with van der Waals surface area (Å²) in [6.07, 6.45) is 0.202. The van der Waals surface area contributed by atoms with E-state index in [1.807, 2.05) is 0 Å². The third kappa shape index (κ3) is 8.27. The number of nitrogens with one attached hydrogen (secondary N) is 3. The smallest absolute Gasteiger partial charge is 0.341 e. The molecule has 1 aliphatic rings. The van der Waals surface area contributed by atoms with Crippen molar-refractivity contribution in [2.45, 2.75) is 26.1 Å². The minimum Gasteiger partial charge on any atom is -0.493 e. The van der Waals surface area contributed by atoms with Crippen LogP contribution in [0.25, 0.3) is 0 Å². The maximum absolute atomic E-state index is 12.4. The number of carbonyl (C=O) groups excluding carboxylic acids is 2. The van der Waals surface area contributed by atoms with E-state index in [0.29, 0.717) is 45.2 Å². The first-order valence-corrected chi connectivity index (χ1v) is 13.3. The van der Waals surface area contributed by atoms with Gasteiger partial charge in [-0.15, -0.1) is 0 Å². The number of urea groups is 1. The zero-order valence-electron chi connectivity index (χ0n) is 23.2. The number of carboxylic acid groups (broad SMARTS) is 1. The Bertz CT molecular complexity index is 1380. The second-order valence-corrected chi connectivity index (χ2v) is 9.48. The third-order valence-corrected chi connectivity index (χ3v) is 6.42. The average molecular weight is 651 g/mol. The van der Waals surface area contributed by atoms with Crippen molar-refractivity contribution in [1.82, 2.24) is 16.1 Å². The number of hydrogen-bond donors (Lipinski definition) is 5. The lowest BCUT2D eigenvalue weighted by Crippen LogP contribution is -2.45. The van der Waals surface area contributed by atoms with E-state index in [0.717, 1.165) is 0 Å². The molecule has 0 saturated carbocycles. The first-order valence-electron chi connectivity index (χ1n) is 12.5. The lowest BCUT2D eigenvalue weighted by Gasteiger charge is -2.28. The highest BCUT2D eigenvalue weighted by Crippen LogP contribution is 2.35. The van der Waals surface area contributed by atoms with Gasteiger partial charge in [0, 0.05) is 15.7 Å². The molecule has 0 unspecified atom stereocenters. The number of benzene rings is 2. The van der Waals surface area contributed by atoms with Gasteiger partial charge >= 0.3 is 18.0 Å². The minimum atomic E-state index is -1.21. The Morgan fingerprint density at radius 2 is 1.86 bits per heavy atom. The Hall–Kier alpha value is -4.50. The summed E-state index contributed by atoms with van der Waals surface area (Å²) in [5.74, 6) is -0.538. The number of ether oxygens (including phenoxy) is 5. The molecule has 0 aromatic heterocycles. The molecule has 1 aliphatic heterocycles. The van der Waals surface area contributed by atoms with Gasteiger partial charge in [0.2, 0.25) is 0 Å². The number of methoxy groups -OCH3 is 2. The highest BCUT2D eigenvalue weighted by Gasteiger charge is 2.32. The van der Waals surface area contributed by atoms with Crippen LogP contribution >= 0.6 is 15.9 Å². The lowest BCUT2D eigenvalue weighted by atomic mass is 9.95. The van der Waals surface area contributed by atoms with Crippen LogP contribution in [0, 0.1) is 0 Å². The summed E-state index contributed by atoms with van der Waals surface area (Å²) in [7, 11) is 2.67. The summed E-state index contributed by atoms with van der Waals surface area (Å²) in [5, 5.41) is 28.5. The van der Waals surface area contributed by atoms with Gasteiger partial charge in [-0.2, -0.15) is 5.10 Å². The topological polar surface area (TPSA) is 186 Å². The third-order valence-electron chi connectivity index (χ3n) is 5.73. The van der Waals surface area contributed by atoms with Crippen molar-refractivity contribution in [2.75, 3.05) is 34.0 Å². The van der Waals surface area contributed by atoms with Crippen molar-refractivity contribution in [3.8, 4) is 23.0 Å². The molecule has 3 rings (SSSR count). The van der Waals surface area contributed by atoms with Crippen LogP contribution in [0.4, 0.5) is 4.79 Å². The summed E-state index contributed by atoms with van der Waals surface area (Å²) in [5.41, 5.74) is 4.29. The Morgan fingerprint density at radius 3 is 2.52 bits per heavy atom. The predicted molar refractivity (Wildman–Crippen MR) is 153 cm³/mol. The number of hydrazone groups is 1. The molecule has 0 fully saturated rings. The largest absolute Gasteiger partial charge is 0.493 e. The van der Waals surface area contributed by atoms with Crippen molar-refractivity contribution in [2.24, 2.45) is 5.10 Å². The van der Waals surface area contributed by atoms with E-state index in [1.54, 1.807) is 44.2 Å². The fraction of sp³-hybridized carbons (Fsp3) is 0.333. The van der Waals surface area contributed by atoms with Crippen molar-refractivity contribution in [3.05, 3.63) is 57.2 Å². The molecule has 42 heavy (non-hydrogen) atoms. The van der Waals surface area contributed by atoms with Gasteiger partial charge in [-0.3, -0.25) is 5.43 Å². The van der Waals surface area contributed by atoms with Crippen molar-refractivity contribution in [3.63, 3.8) is 0 Å². The van der Waals surface area contributed by atoms with Crippen LogP contribution in [0.1, 0.15) is 31.0 Å². The second kappa shape index (κ2) is 14.9. The zero-order chi connectivity index (χ0) is 30.8. The summed E-state index contributed by atoms with van der Waals surface area (Å²) in [4.78, 5) is 35.3. The normalized spacial score (nSPS) is 15.4. The summed E-state index contributed by atoms with van der Waals surface area (Å²) < 4.78 is 27.4. The first kappa shape index (κ1) is 32.0. The van der Waals surface area contributed by atoms with Gasteiger partial charge in [0.1, 0.15) is 6.61 Å². The summed E-state index contributed by atoms with van der Waals surface area (Å²) in [6.45, 7) is 2.96. The highest BCUT2D eigenvalue weighted by molar-refractivity contribution is 9.10. The molecule has 0 bridgehead atoms. The Morgan fingerprint density at radius 1 is 1.12 bits per heavy atom. The molecular weight excluding hydrogens is 620 g/mol. The number of rotatable bonds is 14. The molecule has 0 radical (unpaired) electrons. The van der Waals surface area contributed by atoms with Crippen molar-refractivity contribution < 1.29 is 48.3 Å². The number of aliphatic carboxylic acids is 1. The number of carbonyl (C=O) groups is 3. The van der Waals surface area contributed by atoms with Crippen LogP contribution in [-0.2, 0) is 14.3 Å². The fourth-order valence-corrected chi connectivity index (χ4v) is 4.30. The van der Waals surface area contributed by atoms with Gasteiger partial charge in [-0.25, -0.2) is 14.4 Å². The fourth-order valence-electron chi connectivity index (χ4n) is 3.88. The maximum atomic E-state index is 12.4. The van der Waals surface area contributed by atoms with Gasteiger partial charge < -0.3 is 44.5 Å². The summed E-state index contributed by atoms with van der Waals surface area (Å²) in [6, 6.07) is 6.78. The quantitative estimate of drug-likeness (QED) is 0.0875. The van der Waals surface area contributed by atoms with E-state index in [2.05, 4.69) is 37.1 Å². The molecule has 14 nitrogen and oxygen atoms in total. The SMILES string of the molecule is CCOc1cc([C@H]2NC(=O)NC(C)=C2C(=O)OC)ccc1OC[C@@H](O)N/N=C\c1cc(OC)c(OCC(=O)O)cc1Br. The molecule has 0 spiro atoms. The standard InChI is InChI=1S/C27H31BrN4O10/c1-5-40-20-8-15(25-24(26(36)39-4)14(2)30-27(37)31-25)6-7-18(20)41-12-22(33)32-29-11-16-9-19(38-3)21(10-17(16)28)42-13-23(34)35/h6-11,22,25,32-33H,5,12-13H2,1-4H3,(H,34,35)(H2,30,31,37)/b29-11-/t22-,25-/m1/s1. The van der Waals surface area contributed by atoms with Gasteiger partial charge in [-0.05, 0) is 59.6 Å². The second-order valence-electron chi connectivity index (χ2n) is 8.62. The molecule has 15 heteroatoms. The molecule has 226 valence electrons. The van der Waals surface area contributed by atoms with Crippen LogP contribution in [0.15, 0.2) is 51.2 Å². The number of carboxylic acids is 1. The van der Waals surface area contributed by atoms with Crippen LogP contribution in [0.5, 0.6) is 23.0 Å². The predicted octanol–water partition coefficient (Wildman–Crippen LogP) is 2.44. The Labute approximate surface area is 249 Å². The van der Waals surface area contributed by atoms with Gasteiger partial charge in [-0.1, -0.05) is 6.07 Å². The van der Waals surface area contributed by atoms with E-state index in [-0.39, 0.29) is 17.9 Å². The van der Waals surface area contributed by atoms with Crippen molar-refractivity contribution >= 4 is 40.1 Å². The van der Waals surface area contributed by atoms with E-state index in [9.17, 15) is 19.5 Å².